The second-order valence-corrected chi connectivity index (χ2v) is 5.90. The first kappa shape index (κ1) is 13.7. The number of nitrogens with two attached hydrogens (primary N) is 1. The first-order valence-corrected chi connectivity index (χ1v) is 7.48. The van der Waals surface area contributed by atoms with Crippen molar-refractivity contribution in [3.05, 3.63) is 28.8 Å². The van der Waals surface area contributed by atoms with Crippen molar-refractivity contribution >= 4 is 17.5 Å². The normalized spacial score (nSPS) is 26.1. The van der Waals surface area contributed by atoms with Crippen molar-refractivity contribution in [2.24, 2.45) is 5.73 Å². The van der Waals surface area contributed by atoms with Gasteiger partial charge < -0.3 is 15.4 Å². The van der Waals surface area contributed by atoms with Crippen molar-refractivity contribution in [3.8, 4) is 5.75 Å². The molecule has 1 amide bonds. The minimum atomic E-state index is -0.194. The summed E-state index contributed by atoms with van der Waals surface area (Å²) >= 11 is 6.12. The maximum Gasteiger partial charge on any atom is 0.225 e. The molecule has 1 saturated carbocycles. The average molecular weight is 295 g/mol. The number of carbonyl (C=O) groups is 1. The highest BCUT2D eigenvalue weighted by Gasteiger charge is 2.46. The zero-order valence-electron chi connectivity index (χ0n) is 11.5. The predicted molar refractivity (Wildman–Crippen MR) is 77.8 cm³/mol. The quantitative estimate of drug-likeness (QED) is 0.928. The summed E-state index contributed by atoms with van der Waals surface area (Å²) in [6.07, 6.45) is 2.54. The summed E-state index contributed by atoms with van der Waals surface area (Å²) in [5.74, 6) is 0.921. The molecule has 5 heteroatoms. The molecule has 0 radical (unpaired) electrons. The molecule has 1 aliphatic heterocycles. The van der Waals surface area contributed by atoms with Gasteiger partial charge in [-0.05, 0) is 38.0 Å². The van der Waals surface area contributed by atoms with E-state index in [1.165, 1.54) is 0 Å². The molecule has 1 saturated heterocycles. The van der Waals surface area contributed by atoms with Crippen LogP contribution in [0.5, 0.6) is 5.75 Å². The summed E-state index contributed by atoms with van der Waals surface area (Å²) in [5.41, 5.74) is 7.15. The molecule has 2 atom stereocenters. The highest BCUT2D eigenvalue weighted by Crippen LogP contribution is 2.44. The minimum Gasteiger partial charge on any atom is -0.494 e. The third-order valence-corrected chi connectivity index (χ3v) is 4.17. The summed E-state index contributed by atoms with van der Waals surface area (Å²) in [5, 5.41) is 0.644. The summed E-state index contributed by atoms with van der Waals surface area (Å²) in [6, 6.07) is 5.58. The van der Waals surface area contributed by atoms with Crippen LogP contribution in [-0.2, 0) is 4.79 Å². The number of ether oxygens (including phenoxy) is 1. The van der Waals surface area contributed by atoms with Gasteiger partial charge in [-0.2, -0.15) is 0 Å². The molecule has 0 bridgehead atoms. The van der Waals surface area contributed by atoms with E-state index in [9.17, 15) is 4.79 Å². The third kappa shape index (κ3) is 2.38. The lowest BCUT2D eigenvalue weighted by Crippen LogP contribution is -2.34. The molecule has 2 N–H and O–H groups in total. The molecule has 1 aliphatic carbocycles. The van der Waals surface area contributed by atoms with Crippen LogP contribution >= 0.6 is 11.6 Å². The lowest BCUT2D eigenvalue weighted by Gasteiger charge is -2.28. The van der Waals surface area contributed by atoms with Crippen LogP contribution in [0.15, 0.2) is 18.2 Å². The van der Waals surface area contributed by atoms with Gasteiger partial charge in [-0.1, -0.05) is 11.6 Å². The Bertz CT molecular complexity index is 531. The van der Waals surface area contributed by atoms with Gasteiger partial charge in [0.15, 0.2) is 0 Å². The maximum atomic E-state index is 12.2. The van der Waals surface area contributed by atoms with Crippen LogP contribution in [-0.4, -0.2) is 29.5 Å². The van der Waals surface area contributed by atoms with Crippen molar-refractivity contribution < 1.29 is 9.53 Å². The molecular formula is C15H19ClN2O2. The summed E-state index contributed by atoms with van der Waals surface area (Å²) in [6.45, 7) is 2.52. The highest BCUT2D eigenvalue weighted by atomic mass is 35.5. The maximum absolute atomic E-state index is 12.2. The number of hydrogen-bond acceptors (Lipinski definition) is 3. The van der Waals surface area contributed by atoms with E-state index in [1.807, 2.05) is 24.0 Å². The van der Waals surface area contributed by atoms with E-state index < -0.39 is 0 Å². The van der Waals surface area contributed by atoms with Crippen molar-refractivity contribution in [3.63, 3.8) is 0 Å². The second kappa shape index (κ2) is 5.26. The fourth-order valence-electron chi connectivity index (χ4n) is 2.98. The first-order chi connectivity index (χ1) is 9.61. The fourth-order valence-corrected chi connectivity index (χ4v) is 3.16. The molecule has 4 nitrogen and oxygen atoms in total. The Morgan fingerprint density at radius 3 is 2.85 bits per heavy atom. The second-order valence-electron chi connectivity index (χ2n) is 5.46. The first-order valence-electron chi connectivity index (χ1n) is 7.10. The van der Waals surface area contributed by atoms with Gasteiger partial charge in [0.25, 0.3) is 0 Å². The molecule has 3 rings (SSSR count). The Balaban J connectivity index is 2.01. The molecule has 2 unspecified atom stereocenters. The van der Waals surface area contributed by atoms with E-state index >= 15 is 0 Å². The molecule has 2 aliphatic rings. The van der Waals surface area contributed by atoms with E-state index in [-0.39, 0.29) is 18.0 Å². The van der Waals surface area contributed by atoms with E-state index in [0.717, 1.165) is 24.2 Å². The van der Waals surface area contributed by atoms with Crippen molar-refractivity contribution in [1.82, 2.24) is 4.90 Å². The van der Waals surface area contributed by atoms with E-state index in [4.69, 9.17) is 22.1 Å². The molecule has 0 spiro atoms. The Morgan fingerprint density at radius 1 is 1.45 bits per heavy atom. The van der Waals surface area contributed by atoms with Gasteiger partial charge in [0.05, 0.1) is 12.6 Å². The molecule has 1 aromatic rings. The van der Waals surface area contributed by atoms with Crippen LogP contribution < -0.4 is 10.5 Å². The van der Waals surface area contributed by atoms with E-state index in [0.29, 0.717) is 24.1 Å². The molecule has 2 fully saturated rings. The van der Waals surface area contributed by atoms with E-state index in [1.54, 1.807) is 6.07 Å². The highest BCUT2D eigenvalue weighted by molar-refractivity contribution is 6.30. The van der Waals surface area contributed by atoms with Crippen molar-refractivity contribution in [2.45, 2.75) is 44.3 Å². The number of carbonyl (C=O) groups excluding carboxylic acids is 1. The Labute approximate surface area is 123 Å². The van der Waals surface area contributed by atoms with Gasteiger partial charge in [-0.3, -0.25) is 4.79 Å². The Morgan fingerprint density at radius 2 is 2.20 bits per heavy atom. The summed E-state index contributed by atoms with van der Waals surface area (Å²) in [4.78, 5) is 14.1. The van der Waals surface area contributed by atoms with Gasteiger partial charge in [0.2, 0.25) is 5.91 Å². The van der Waals surface area contributed by atoms with Crippen molar-refractivity contribution in [2.75, 3.05) is 6.61 Å². The molecule has 20 heavy (non-hydrogen) atoms. The van der Waals surface area contributed by atoms with Crippen LogP contribution in [0.2, 0.25) is 5.02 Å². The van der Waals surface area contributed by atoms with Gasteiger partial charge in [-0.15, -0.1) is 0 Å². The van der Waals surface area contributed by atoms with Crippen LogP contribution in [0.4, 0.5) is 0 Å². The zero-order chi connectivity index (χ0) is 14.3. The van der Waals surface area contributed by atoms with Crippen LogP contribution in [0.1, 0.15) is 37.8 Å². The zero-order valence-corrected chi connectivity index (χ0v) is 12.3. The predicted octanol–water partition coefficient (Wildman–Crippen LogP) is 2.50. The molecule has 0 aromatic heterocycles. The standard InChI is InChI=1S/C15H19ClN2O2/c1-2-20-13-6-3-9(16)7-11(13)15-12(17)8-14(19)18(15)10-4-5-10/h3,6-7,10,12,15H,2,4-5,8,17H2,1H3. The lowest BCUT2D eigenvalue weighted by molar-refractivity contribution is -0.129. The molecule has 108 valence electrons. The summed E-state index contributed by atoms with van der Waals surface area (Å²) in [7, 11) is 0. The monoisotopic (exact) mass is 294 g/mol. The Hall–Kier alpha value is -1.26. The number of benzene rings is 1. The van der Waals surface area contributed by atoms with Crippen LogP contribution in [0.25, 0.3) is 0 Å². The topological polar surface area (TPSA) is 55.6 Å². The minimum absolute atomic E-state index is 0.116. The van der Waals surface area contributed by atoms with Gasteiger partial charge >= 0.3 is 0 Å². The van der Waals surface area contributed by atoms with Crippen LogP contribution in [0, 0.1) is 0 Å². The largest absolute Gasteiger partial charge is 0.494 e. The van der Waals surface area contributed by atoms with Crippen molar-refractivity contribution in [1.29, 1.82) is 0 Å². The number of hydrogen-bond donors (Lipinski definition) is 1. The number of rotatable bonds is 4. The number of amides is 1. The molecule has 1 aromatic carbocycles. The molecular weight excluding hydrogens is 276 g/mol. The number of halogens is 1. The summed E-state index contributed by atoms with van der Waals surface area (Å²) < 4.78 is 5.68. The third-order valence-electron chi connectivity index (χ3n) is 3.93. The number of likely N-dealkylation sites (tertiary alicyclic amines) is 1. The van der Waals surface area contributed by atoms with Gasteiger partial charge in [0, 0.05) is 29.1 Å². The SMILES string of the molecule is CCOc1ccc(Cl)cc1C1C(N)CC(=O)N1C1CC1. The average Bonchev–Trinajstić information content (AvgIpc) is 3.18. The Kier molecular flexibility index (Phi) is 3.61. The molecule has 1 heterocycles. The fraction of sp³-hybridized carbons (Fsp3) is 0.533. The van der Waals surface area contributed by atoms with Gasteiger partial charge in [-0.25, -0.2) is 0 Å². The number of nitrogens with zero attached hydrogens (tertiary/aromatic N) is 1. The lowest BCUT2D eigenvalue weighted by atomic mass is 9.99. The smallest absolute Gasteiger partial charge is 0.225 e. The van der Waals surface area contributed by atoms with Gasteiger partial charge in [0.1, 0.15) is 5.75 Å². The van der Waals surface area contributed by atoms with E-state index in [2.05, 4.69) is 0 Å². The van der Waals surface area contributed by atoms with Crippen LogP contribution in [0.3, 0.4) is 0 Å².